The molecule has 0 spiro atoms. The van der Waals surface area contributed by atoms with Crippen molar-refractivity contribution in [2.24, 2.45) is 5.73 Å². The number of likely N-dealkylation sites (tertiary alicyclic amines) is 1. The van der Waals surface area contributed by atoms with Crippen molar-refractivity contribution >= 4 is 11.9 Å². The normalized spacial score (nSPS) is 22.4. The second kappa shape index (κ2) is 4.95. The number of rotatable bonds is 5. The van der Waals surface area contributed by atoms with Crippen LogP contribution in [0.2, 0.25) is 0 Å². The topological polar surface area (TPSA) is 83.6 Å². The maximum atomic E-state index is 10.6. The van der Waals surface area contributed by atoms with Gasteiger partial charge in [0.05, 0.1) is 6.42 Å². The van der Waals surface area contributed by atoms with Crippen LogP contribution in [0.3, 0.4) is 0 Å². The second-order valence-corrected chi connectivity index (χ2v) is 3.65. The fourth-order valence-electron chi connectivity index (χ4n) is 1.88. The Bertz CT molecular complexity index is 230. The Morgan fingerprint density at radius 3 is 2.79 bits per heavy atom. The average Bonchev–Trinajstić information content (AvgIpc) is 2.47. The molecule has 3 N–H and O–H groups in total. The summed E-state index contributed by atoms with van der Waals surface area (Å²) in [7, 11) is 0. The Morgan fingerprint density at radius 1 is 1.50 bits per heavy atom. The van der Waals surface area contributed by atoms with Gasteiger partial charge in [-0.3, -0.25) is 14.5 Å². The van der Waals surface area contributed by atoms with E-state index >= 15 is 0 Å². The van der Waals surface area contributed by atoms with Gasteiger partial charge in [-0.15, -0.1) is 0 Å². The van der Waals surface area contributed by atoms with E-state index in [1.807, 2.05) is 4.90 Å². The highest BCUT2D eigenvalue weighted by atomic mass is 16.4. The minimum Gasteiger partial charge on any atom is -0.481 e. The zero-order valence-corrected chi connectivity index (χ0v) is 8.11. The van der Waals surface area contributed by atoms with Gasteiger partial charge in [0, 0.05) is 19.0 Å². The lowest BCUT2D eigenvalue weighted by atomic mass is 10.1. The van der Waals surface area contributed by atoms with Gasteiger partial charge in [0.2, 0.25) is 5.91 Å². The van der Waals surface area contributed by atoms with Crippen LogP contribution in [0, 0.1) is 0 Å². The molecule has 0 aromatic heterocycles. The van der Waals surface area contributed by atoms with Gasteiger partial charge in [0.25, 0.3) is 0 Å². The Balaban J connectivity index is 2.35. The summed E-state index contributed by atoms with van der Waals surface area (Å²) in [4.78, 5) is 23.1. The van der Waals surface area contributed by atoms with Crippen LogP contribution in [0.25, 0.3) is 0 Å². The van der Waals surface area contributed by atoms with Gasteiger partial charge >= 0.3 is 5.97 Å². The molecule has 5 heteroatoms. The van der Waals surface area contributed by atoms with Crippen molar-refractivity contribution in [3.63, 3.8) is 0 Å². The van der Waals surface area contributed by atoms with Gasteiger partial charge in [-0.1, -0.05) is 0 Å². The number of primary amides is 1. The van der Waals surface area contributed by atoms with Crippen LogP contribution in [-0.2, 0) is 9.59 Å². The van der Waals surface area contributed by atoms with Gasteiger partial charge in [0.15, 0.2) is 0 Å². The molecule has 1 fully saturated rings. The van der Waals surface area contributed by atoms with E-state index in [9.17, 15) is 9.59 Å². The van der Waals surface area contributed by atoms with Gasteiger partial charge in [0.1, 0.15) is 0 Å². The zero-order valence-electron chi connectivity index (χ0n) is 8.11. The van der Waals surface area contributed by atoms with Crippen LogP contribution >= 0.6 is 0 Å². The van der Waals surface area contributed by atoms with E-state index in [-0.39, 0.29) is 18.4 Å². The van der Waals surface area contributed by atoms with Crippen molar-refractivity contribution in [3.8, 4) is 0 Å². The molecular formula is C9H16N2O3. The summed E-state index contributed by atoms with van der Waals surface area (Å²) in [6, 6.07) is 0.0897. The number of amides is 1. The number of carbonyl (C=O) groups is 2. The summed E-state index contributed by atoms with van der Waals surface area (Å²) in [5, 5.41) is 8.65. The fraction of sp³-hybridized carbons (Fsp3) is 0.778. The minimum absolute atomic E-state index is 0.0897. The van der Waals surface area contributed by atoms with Gasteiger partial charge < -0.3 is 10.8 Å². The quantitative estimate of drug-likeness (QED) is 0.643. The van der Waals surface area contributed by atoms with Gasteiger partial charge in [-0.25, -0.2) is 0 Å². The van der Waals surface area contributed by atoms with E-state index in [0.29, 0.717) is 13.0 Å². The third kappa shape index (κ3) is 3.33. The fourth-order valence-corrected chi connectivity index (χ4v) is 1.88. The van der Waals surface area contributed by atoms with E-state index in [0.717, 1.165) is 19.4 Å². The highest BCUT2D eigenvalue weighted by molar-refractivity contribution is 5.73. The number of carbonyl (C=O) groups excluding carboxylic acids is 1. The van der Waals surface area contributed by atoms with Crippen LogP contribution in [0.5, 0.6) is 0 Å². The van der Waals surface area contributed by atoms with Crippen LogP contribution in [0.1, 0.15) is 25.7 Å². The number of nitrogens with two attached hydrogens (primary N) is 1. The average molecular weight is 200 g/mol. The first kappa shape index (κ1) is 11.0. The molecule has 1 heterocycles. The van der Waals surface area contributed by atoms with Crippen molar-refractivity contribution in [1.29, 1.82) is 0 Å². The number of hydrogen-bond acceptors (Lipinski definition) is 3. The standard InChI is InChI=1S/C9H16N2O3/c10-8(12)3-5-11-4-1-2-7(11)6-9(13)14/h7H,1-6H2,(H2,10,12)(H,13,14). The number of nitrogens with zero attached hydrogens (tertiary/aromatic N) is 1. The lowest BCUT2D eigenvalue weighted by Gasteiger charge is -2.22. The first-order valence-electron chi connectivity index (χ1n) is 4.83. The van der Waals surface area contributed by atoms with Crippen LogP contribution in [0.15, 0.2) is 0 Å². The molecule has 0 saturated carbocycles. The molecule has 5 nitrogen and oxygen atoms in total. The first-order chi connectivity index (χ1) is 6.59. The van der Waals surface area contributed by atoms with Crippen molar-refractivity contribution in [1.82, 2.24) is 4.90 Å². The van der Waals surface area contributed by atoms with Crippen LogP contribution < -0.4 is 5.73 Å². The molecular weight excluding hydrogens is 184 g/mol. The van der Waals surface area contributed by atoms with Crippen LogP contribution in [0.4, 0.5) is 0 Å². The number of carboxylic acids is 1. The molecule has 0 aromatic carbocycles. The Hall–Kier alpha value is -1.10. The molecule has 0 bridgehead atoms. The van der Waals surface area contributed by atoms with Crippen molar-refractivity contribution < 1.29 is 14.7 Å². The Kier molecular flexibility index (Phi) is 3.88. The minimum atomic E-state index is -0.777. The lowest BCUT2D eigenvalue weighted by molar-refractivity contribution is -0.138. The Morgan fingerprint density at radius 2 is 2.21 bits per heavy atom. The predicted molar refractivity (Wildman–Crippen MR) is 50.7 cm³/mol. The van der Waals surface area contributed by atoms with E-state index in [1.54, 1.807) is 0 Å². The number of carboxylic acid groups (broad SMARTS) is 1. The molecule has 0 aromatic rings. The first-order valence-corrected chi connectivity index (χ1v) is 4.83. The summed E-state index contributed by atoms with van der Waals surface area (Å²) in [6.45, 7) is 1.47. The SMILES string of the molecule is NC(=O)CCN1CCCC1CC(=O)O. The molecule has 80 valence electrons. The maximum Gasteiger partial charge on any atom is 0.304 e. The van der Waals surface area contributed by atoms with Crippen molar-refractivity contribution in [3.05, 3.63) is 0 Å². The summed E-state index contributed by atoms with van der Waals surface area (Å²) in [5.74, 6) is -1.10. The summed E-state index contributed by atoms with van der Waals surface area (Å²) in [6.07, 6.45) is 2.40. The third-order valence-corrected chi connectivity index (χ3v) is 2.55. The summed E-state index contributed by atoms with van der Waals surface area (Å²) >= 11 is 0. The smallest absolute Gasteiger partial charge is 0.304 e. The highest BCUT2D eigenvalue weighted by Crippen LogP contribution is 2.19. The zero-order chi connectivity index (χ0) is 10.6. The molecule has 1 amide bonds. The largest absolute Gasteiger partial charge is 0.481 e. The van der Waals surface area contributed by atoms with E-state index in [2.05, 4.69) is 0 Å². The Labute approximate surface area is 82.9 Å². The second-order valence-electron chi connectivity index (χ2n) is 3.65. The molecule has 0 radical (unpaired) electrons. The van der Waals surface area contributed by atoms with Crippen molar-refractivity contribution in [2.45, 2.75) is 31.7 Å². The molecule has 1 atom stereocenters. The van der Waals surface area contributed by atoms with Gasteiger partial charge in [-0.05, 0) is 19.4 Å². The lowest BCUT2D eigenvalue weighted by Crippen LogP contribution is -2.34. The monoisotopic (exact) mass is 200 g/mol. The maximum absolute atomic E-state index is 10.6. The van der Waals surface area contributed by atoms with E-state index < -0.39 is 5.97 Å². The van der Waals surface area contributed by atoms with Crippen molar-refractivity contribution in [2.75, 3.05) is 13.1 Å². The molecule has 1 aliphatic heterocycles. The number of hydrogen-bond donors (Lipinski definition) is 2. The van der Waals surface area contributed by atoms with Crippen LogP contribution in [-0.4, -0.2) is 41.0 Å². The summed E-state index contributed by atoms with van der Waals surface area (Å²) in [5.41, 5.74) is 5.04. The van der Waals surface area contributed by atoms with E-state index in [4.69, 9.17) is 10.8 Å². The highest BCUT2D eigenvalue weighted by Gasteiger charge is 2.26. The molecule has 1 unspecified atom stereocenters. The molecule has 1 rings (SSSR count). The third-order valence-electron chi connectivity index (χ3n) is 2.55. The van der Waals surface area contributed by atoms with E-state index in [1.165, 1.54) is 0 Å². The summed E-state index contributed by atoms with van der Waals surface area (Å²) < 4.78 is 0. The molecule has 14 heavy (non-hydrogen) atoms. The number of aliphatic carboxylic acids is 1. The molecule has 0 aliphatic carbocycles. The van der Waals surface area contributed by atoms with Gasteiger partial charge in [-0.2, -0.15) is 0 Å². The molecule has 1 aliphatic rings. The predicted octanol–water partition coefficient (Wildman–Crippen LogP) is -0.199. The molecule has 1 saturated heterocycles.